The van der Waals surface area contributed by atoms with Gasteiger partial charge in [0.15, 0.2) is 6.10 Å². The van der Waals surface area contributed by atoms with E-state index in [1.807, 2.05) is 43.3 Å². The molecule has 0 heterocycles. The van der Waals surface area contributed by atoms with Gasteiger partial charge in [0.05, 0.1) is 17.9 Å². The molecule has 0 aliphatic carbocycles. The Balaban J connectivity index is 1.49. The number of anilines is 1. The lowest BCUT2D eigenvalue weighted by Gasteiger charge is -2.15. The molecule has 0 spiro atoms. The second kappa shape index (κ2) is 10.9. The van der Waals surface area contributed by atoms with Crippen molar-refractivity contribution in [1.29, 1.82) is 0 Å². The lowest BCUT2D eigenvalue weighted by Crippen LogP contribution is -2.32. The number of rotatable bonds is 10. The van der Waals surface area contributed by atoms with E-state index in [1.54, 1.807) is 18.2 Å². The van der Waals surface area contributed by atoms with Crippen molar-refractivity contribution < 1.29 is 27.5 Å². The lowest BCUT2D eigenvalue weighted by molar-refractivity contribution is -0.152. The van der Waals surface area contributed by atoms with E-state index in [1.165, 1.54) is 19.1 Å². The molecule has 0 bridgehead atoms. The summed E-state index contributed by atoms with van der Waals surface area (Å²) in [5, 5.41) is 4.61. The predicted molar refractivity (Wildman–Crippen MR) is 126 cm³/mol. The first-order chi connectivity index (χ1) is 15.8. The van der Waals surface area contributed by atoms with Crippen LogP contribution in [0.15, 0.2) is 71.6 Å². The zero-order chi connectivity index (χ0) is 23.8. The van der Waals surface area contributed by atoms with Crippen LogP contribution in [0.5, 0.6) is 5.75 Å². The maximum atomic E-state index is 12.5. The van der Waals surface area contributed by atoms with E-state index in [9.17, 15) is 18.0 Å². The lowest BCUT2D eigenvalue weighted by atomic mass is 10.1. The van der Waals surface area contributed by atoms with Crippen LogP contribution in [0.4, 0.5) is 5.69 Å². The Labute approximate surface area is 193 Å². The number of ether oxygens (including phenoxy) is 2. The summed E-state index contributed by atoms with van der Waals surface area (Å²) in [5.41, 5.74) is 0.615. The Morgan fingerprint density at radius 1 is 0.970 bits per heavy atom. The first kappa shape index (κ1) is 24.2. The number of carbonyl (C=O) groups is 2. The quantitative estimate of drug-likeness (QED) is 0.439. The molecular weight excluding hydrogens is 444 g/mol. The van der Waals surface area contributed by atoms with Gasteiger partial charge >= 0.3 is 5.97 Å². The Kier molecular flexibility index (Phi) is 8.02. The van der Waals surface area contributed by atoms with Gasteiger partial charge in [-0.1, -0.05) is 36.4 Å². The highest BCUT2D eigenvalue weighted by molar-refractivity contribution is 7.89. The predicted octanol–water partition coefficient (Wildman–Crippen LogP) is 3.48. The highest BCUT2D eigenvalue weighted by atomic mass is 32.2. The molecule has 2 N–H and O–H groups in total. The Morgan fingerprint density at radius 2 is 1.67 bits per heavy atom. The van der Waals surface area contributed by atoms with Crippen molar-refractivity contribution in [3.63, 3.8) is 0 Å². The number of hydrogen-bond acceptors (Lipinski definition) is 6. The molecule has 0 radical (unpaired) electrons. The van der Waals surface area contributed by atoms with E-state index in [0.717, 1.165) is 10.8 Å². The zero-order valence-electron chi connectivity index (χ0n) is 18.4. The Morgan fingerprint density at radius 3 is 2.39 bits per heavy atom. The van der Waals surface area contributed by atoms with Crippen LogP contribution in [0.3, 0.4) is 0 Å². The second-order valence-corrected chi connectivity index (χ2v) is 8.97. The summed E-state index contributed by atoms with van der Waals surface area (Å²) in [6, 6.07) is 19.1. The number of nitrogens with one attached hydrogen (secondary N) is 2. The fraction of sp³-hybridized carbons (Fsp3) is 0.250. The van der Waals surface area contributed by atoms with Gasteiger partial charge in [0.2, 0.25) is 10.0 Å². The number of fused-ring (bicyclic) bond motifs is 1. The largest absolute Gasteiger partial charge is 0.494 e. The topological polar surface area (TPSA) is 111 Å². The van der Waals surface area contributed by atoms with E-state index in [4.69, 9.17) is 9.47 Å². The van der Waals surface area contributed by atoms with Gasteiger partial charge in [-0.05, 0) is 49.6 Å². The van der Waals surface area contributed by atoms with Gasteiger partial charge in [0.25, 0.3) is 5.91 Å². The van der Waals surface area contributed by atoms with E-state index >= 15 is 0 Å². The second-order valence-electron chi connectivity index (χ2n) is 7.20. The molecule has 3 aromatic carbocycles. The summed E-state index contributed by atoms with van der Waals surface area (Å²) in [5.74, 6) is -0.601. The fourth-order valence-electron chi connectivity index (χ4n) is 3.13. The molecule has 0 aliphatic heterocycles. The summed E-state index contributed by atoms with van der Waals surface area (Å²) >= 11 is 0. The zero-order valence-corrected chi connectivity index (χ0v) is 19.2. The van der Waals surface area contributed by atoms with Gasteiger partial charge in [-0.2, -0.15) is 0 Å². The molecule has 0 saturated heterocycles. The Bertz CT molecular complexity index is 1220. The fourth-order valence-corrected chi connectivity index (χ4v) is 4.16. The van der Waals surface area contributed by atoms with E-state index < -0.39 is 28.0 Å². The third kappa shape index (κ3) is 6.53. The van der Waals surface area contributed by atoms with E-state index in [2.05, 4.69) is 10.0 Å². The van der Waals surface area contributed by atoms with Crippen LogP contribution in [0.25, 0.3) is 10.8 Å². The highest BCUT2D eigenvalue weighted by Gasteiger charge is 2.20. The van der Waals surface area contributed by atoms with Gasteiger partial charge in [0, 0.05) is 17.6 Å². The molecule has 1 amide bonds. The molecule has 174 valence electrons. The molecule has 33 heavy (non-hydrogen) atoms. The summed E-state index contributed by atoms with van der Waals surface area (Å²) in [4.78, 5) is 24.6. The minimum atomic E-state index is -3.79. The van der Waals surface area contributed by atoms with Crippen LogP contribution in [0.1, 0.15) is 20.3 Å². The number of amides is 1. The molecule has 3 rings (SSSR count). The number of hydrogen-bond donors (Lipinski definition) is 2. The van der Waals surface area contributed by atoms with E-state index in [-0.39, 0.29) is 17.9 Å². The Hall–Kier alpha value is -3.43. The van der Waals surface area contributed by atoms with Crippen molar-refractivity contribution in [3.8, 4) is 5.75 Å². The monoisotopic (exact) mass is 470 g/mol. The minimum Gasteiger partial charge on any atom is -0.494 e. The van der Waals surface area contributed by atoms with Gasteiger partial charge < -0.3 is 14.8 Å². The van der Waals surface area contributed by atoms with Crippen LogP contribution >= 0.6 is 0 Å². The van der Waals surface area contributed by atoms with Crippen molar-refractivity contribution in [2.24, 2.45) is 0 Å². The van der Waals surface area contributed by atoms with Crippen molar-refractivity contribution in [1.82, 2.24) is 4.72 Å². The smallest absolute Gasteiger partial charge is 0.307 e. The van der Waals surface area contributed by atoms with Crippen molar-refractivity contribution in [3.05, 3.63) is 66.7 Å². The van der Waals surface area contributed by atoms with Gasteiger partial charge in [-0.25, -0.2) is 13.1 Å². The summed E-state index contributed by atoms with van der Waals surface area (Å²) < 4.78 is 37.5. The molecule has 1 unspecified atom stereocenters. The first-order valence-electron chi connectivity index (χ1n) is 10.5. The van der Waals surface area contributed by atoms with Gasteiger partial charge in [0.1, 0.15) is 5.75 Å². The highest BCUT2D eigenvalue weighted by Crippen LogP contribution is 2.23. The average molecular weight is 471 g/mol. The van der Waals surface area contributed by atoms with Crippen LogP contribution < -0.4 is 14.8 Å². The molecule has 0 fully saturated rings. The van der Waals surface area contributed by atoms with Crippen molar-refractivity contribution in [2.45, 2.75) is 31.3 Å². The molecule has 0 aliphatic rings. The maximum absolute atomic E-state index is 12.5. The number of esters is 1. The normalized spacial score (nSPS) is 12.2. The molecule has 3 aromatic rings. The number of carbonyl (C=O) groups excluding carboxylic acids is 2. The number of benzene rings is 3. The van der Waals surface area contributed by atoms with Crippen LogP contribution in [-0.4, -0.2) is 39.5 Å². The average Bonchev–Trinajstić information content (AvgIpc) is 2.79. The molecule has 0 aromatic heterocycles. The summed E-state index contributed by atoms with van der Waals surface area (Å²) in [6.45, 7) is 3.61. The van der Waals surface area contributed by atoms with Gasteiger partial charge in [-0.15, -0.1) is 0 Å². The summed E-state index contributed by atoms with van der Waals surface area (Å²) in [6.07, 6.45) is -1.26. The standard InChI is InChI=1S/C24H26N2O6S/c1-3-31-19-11-13-20(14-12-19)33(29,30)25-16-15-23(27)32-17(2)24(28)26-22-10-6-8-18-7-4-5-9-21(18)22/h4-14,17,25H,3,15-16H2,1-2H3,(H,26,28). The molecule has 9 heteroatoms. The first-order valence-corrected chi connectivity index (χ1v) is 12.0. The number of sulfonamides is 1. The molecule has 0 saturated carbocycles. The van der Waals surface area contributed by atoms with Crippen LogP contribution in [0.2, 0.25) is 0 Å². The molecular formula is C24H26N2O6S. The van der Waals surface area contributed by atoms with Gasteiger partial charge in [-0.3, -0.25) is 9.59 Å². The van der Waals surface area contributed by atoms with Crippen LogP contribution in [0, 0.1) is 0 Å². The maximum Gasteiger partial charge on any atom is 0.307 e. The molecule has 1 atom stereocenters. The third-order valence-electron chi connectivity index (χ3n) is 4.79. The van der Waals surface area contributed by atoms with E-state index in [0.29, 0.717) is 18.0 Å². The third-order valence-corrected chi connectivity index (χ3v) is 6.27. The van der Waals surface area contributed by atoms with Crippen molar-refractivity contribution in [2.75, 3.05) is 18.5 Å². The SMILES string of the molecule is CCOc1ccc(S(=O)(=O)NCCC(=O)OC(C)C(=O)Nc2cccc3ccccc23)cc1. The summed E-state index contributed by atoms with van der Waals surface area (Å²) in [7, 11) is -3.79. The van der Waals surface area contributed by atoms with Crippen LogP contribution in [-0.2, 0) is 24.3 Å². The van der Waals surface area contributed by atoms with Crippen molar-refractivity contribution >= 4 is 38.4 Å². The minimum absolute atomic E-state index is 0.0575. The molecule has 8 nitrogen and oxygen atoms in total.